The molecule has 0 amide bonds. The first-order valence-corrected chi connectivity index (χ1v) is 9.14. The summed E-state index contributed by atoms with van der Waals surface area (Å²) >= 11 is 3.41. The van der Waals surface area contributed by atoms with E-state index in [1.165, 1.54) is 4.57 Å². The first-order chi connectivity index (χ1) is 13.1. The number of rotatable bonds is 4. The quantitative estimate of drug-likeness (QED) is 0.506. The zero-order valence-electron chi connectivity index (χ0n) is 14.2. The van der Waals surface area contributed by atoms with E-state index < -0.39 is 0 Å². The second-order valence-corrected chi connectivity index (χ2v) is 7.03. The summed E-state index contributed by atoms with van der Waals surface area (Å²) in [7, 11) is 0. The molecule has 0 aliphatic heterocycles. The van der Waals surface area contributed by atoms with Crippen molar-refractivity contribution >= 4 is 27.0 Å². The Bertz CT molecular complexity index is 1210. The molecule has 134 valence electrons. The van der Waals surface area contributed by atoms with Crippen LogP contribution in [0.15, 0.2) is 81.2 Å². The minimum atomic E-state index is -0.389. The molecule has 0 bridgehead atoms. The number of halogens is 1. The van der Waals surface area contributed by atoms with Gasteiger partial charge in [-0.25, -0.2) is 9.78 Å². The average molecular weight is 423 g/mol. The third kappa shape index (κ3) is 3.46. The van der Waals surface area contributed by atoms with Crippen LogP contribution in [-0.4, -0.2) is 19.1 Å². The molecule has 7 heteroatoms. The SMILES string of the molecule is O=c1c2ncccc2n(Cc2ccc(Br)cc2)c(=O)n1Cc1ccncc1. The standard InChI is InChI=1S/C20H15BrN4O2/c21-16-5-3-14(4-6-16)12-24-17-2-1-9-23-18(17)19(26)25(20(24)27)13-15-7-10-22-11-8-15/h1-11H,12-13H2. The summed E-state index contributed by atoms with van der Waals surface area (Å²) in [6.45, 7) is 0.526. The van der Waals surface area contributed by atoms with Crippen LogP contribution in [0.1, 0.15) is 11.1 Å². The smallest absolute Gasteiger partial charge is 0.287 e. The lowest BCUT2D eigenvalue weighted by molar-refractivity contribution is 0.633. The van der Waals surface area contributed by atoms with Gasteiger partial charge in [-0.05, 0) is 47.5 Å². The second-order valence-electron chi connectivity index (χ2n) is 6.11. The lowest BCUT2D eigenvalue weighted by Gasteiger charge is -2.14. The van der Waals surface area contributed by atoms with Crippen LogP contribution in [0, 0.1) is 0 Å². The van der Waals surface area contributed by atoms with Crippen LogP contribution in [-0.2, 0) is 13.1 Å². The van der Waals surface area contributed by atoms with Gasteiger partial charge in [-0.3, -0.25) is 18.9 Å². The van der Waals surface area contributed by atoms with E-state index in [-0.39, 0.29) is 23.3 Å². The normalized spacial score (nSPS) is 11.0. The van der Waals surface area contributed by atoms with Crippen molar-refractivity contribution < 1.29 is 0 Å². The third-order valence-corrected chi connectivity index (χ3v) is 4.86. The van der Waals surface area contributed by atoms with Crippen molar-refractivity contribution in [3.63, 3.8) is 0 Å². The van der Waals surface area contributed by atoms with E-state index in [1.807, 2.05) is 24.3 Å². The number of hydrogen-bond acceptors (Lipinski definition) is 4. The van der Waals surface area contributed by atoms with Crippen molar-refractivity contribution in [1.29, 1.82) is 0 Å². The Morgan fingerprint density at radius 3 is 2.22 bits per heavy atom. The van der Waals surface area contributed by atoms with E-state index in [0.717, 1.165) is 15.6 Å². The molecule has 0 aliphatic rings. The average Bonchev–Trinajstić information content (AvgIpc) is 2.71. The first-order valence-electron chi connectivity index (χ1n) is 8.35. The first kappa shape index (κ1) is 17.4. The van der Waals surface area contributed by atoms with Crippen molar-refractivity contribution in [3.8, 4) is 0 Å². The molecular weight excluding hydrogens is 408 g/mol. The Balaban J connectivity index is 1.90. The van der Waals surface area contributed by atoms with Crippen LogP contribution in [0.3, 0.4) is 0 Å². The molecule has 3 heterocycles. The molecule has 0 N–H and O–H groups in total. The number of hydrogen-bond donors (Lipinski definition) is 0. The molecule has 0 radical (unpaired) electrons. The van der Waals surface area contributed by atoms with Gasteiger partial charge in [-0.15, -0.1) is 0 Å². The summed E-state index contributed by atoms with van der Waals surface area (Å²) in [5.41, 5.74) is 1.85. The van der Waals surface area contributed by atoms with Gasteiger partial charge in [0.1, 0.15) is 0 Å². The topological polar surface area (TPSA) is 69.8 Å². The van der Waals surface area contributed by atoms with Crippen LogP contribution < -0.4 is 11.2 Å². The van der Waals surface area contributed by atoms with Crippen molar-refractivity contribution in [3.05, 3.63) is 104 Å². The molecule has 6 nitrogen and oxygen atoms in total. The fourth-order valence-electron chi connectivity index (χ4n) is 2.98. The van der Waals surface area contributed by atoms with Crippen LogP contribution in [0.25, 0.3) is 11.0 Å². The van der Waals surface area contributed by atoms with Gasteiger partial charge in [-0.2, -0.15) is 0 Å². The van der Waals surface area contributed by atoms with E-state index >= 15 is 0 Å². The van der Waals surface area contributed by atoms with Gasteiger partial charge in [0, 0.05) is 23.1 Å². The van der Waals surface area contributed by atoms with E-state index in [1.54, 1.807) is 47.4 Å². The predicted molar refractivity (Wildman–Crippen MR) is 107 cm³/mol. The Morgan fingerprint density at radius 1 is 0.815 bits per heavy atom. The van der Waals surface area contributed by atoms with Crippen LogP contribution in [0.2, 0.25) is 0 Å². The van der Waals surface area contributed by atoms with Gasteiger partial charge in [-0.1, -0.05) is 28.1 Å². The number of benzene rings is 1. The number of aromatic nitrogens is 4. The minimum absolute atomic E-state index is 0.174. The maximum Gasteiger partial charge on any atom is 0.332 e. The van der Waals surface area contributed by atoms with Gasteiger partial charge < -0.3 is 0 Å². The molecule has 3 aromatic heterocycles. The zero-order chi connectivity index (χ0) is 18.8. The van der Waals surface area contributed by atoms with Gasteiger partial charge in [0.25, 0.3) is 5.56 Å². The molecule has 1 aromatic carbocycles. The minimum Gasteiger partial charge on any atom is -0.287 e. The summed E-state index contributed by atoms with van der Waals surface area (Å²) in [4.78, 5) is 34.2. The highest BCUT2D eigenvalue weighted by atomic mass is 79.9. The second kappa shape index (κ2) is 7.28. The van der Waals surface area contributed by atoms with Gasteiger partial charge >= 0.3 is 5.69 Å². The van der Waals surface area contributed by atoms with Crippen molar-refractivity contribution in [2.75, 3.05) is 0 Å². The molecular formula is C20H15BrN4O2. The lowest BCUT2D eigenvalue weighted by atomic mass is 10.2. The van der Waals surface area contributed by atoms with Crippen molar-refractivity contribution in [1.82, 2.24) is 19.1 Å². The van der Waals surface area contributed by atoms with E-state index in [4.69, 9.17) is 0 Å². The van der Waals surface area contributed by atoms with E-state index in [0.29, 0.717) is 12.1 Å². The summed E-state index contributed by atoms with van der Waals surface area (Å²) < 4.78 is 3.78. The fraction of sp³-hybridized carbons (Fsp3) is 0.100. The third-order valence-electron chi connectivity index (χ3n) is 4.33. The van der Waals surface area contributed by atoms with Crippen LogP contribution >= 0.6 is 15.9 Å². The summed E-state index contributed by atoms with van der Waals surface area (Å²) in [6, 6.07) is 14.8. The van der Waals surface area contributed by atoms with E-state index in [2.05, 4.69) is 25.9 Å². The highest BCUT2D eigenvalue weighted by Gasteiger charge is 2.14. The monoisotopic (exact) mass is 422 g/mol. The molecule has 0 fully saturated rings. The Morgan fingerprint density at radius 2 is 1.48 bits per heavy atom. The van der Waals surface area contributed by atoms with Crippen molar-refractivity contribution in [2.45, 2.75) is 13.1 Å². The zero-order valence-corrected chi connectivity index (χ0v) is 15.8. The molecule has 0 atom stereocenters. The molecule has 0 spiro atoms. The Kier molecular flexibility index (Phi) is 4.68. The summed E-state index contributed by atoms with van der Waals surface area (Å²) in [5.74, 6) is 0. The molecule has 0 saturated carbocycles. The van der Waals surface area contributed by atoms with Gasteiger partial charge in [0.15, 0.2) is 5.52 Å². The predicted octanol–water partition coefficient (Wildman–Crippen LogP) is 2.81. The van der Waals surface area contributed by atoms with E-state index in [9.17, 15) is 9.59 Å². The fourth-order valence-corrected chi connectivity index (χ4v) is 3.24. The maximum atomic E-state index is 13.2. The molecule has 4 rings (SSSR count). The Hall–Kier alpha value is -3.06. The number of pyridine rings is 2. The van der Waals surface area contributed by atoms with Gasteiger partial charge in [0.2, 0.25) is 0 Å². The highest BCUT2D eigenvalue weighted by molar-refractivity contribution is 9.10. The molecule has 0 aliphatic carbocycles. The maximum absolute atomic E-state index is 13.2. The Labute approximate surface area is 162 Å². The molecule has 4 aromatic rings. The number of nitrogens with zero attached hydrogens (tertiary/aromatic N) is 4. The largest absolute Gasteiger partial charge is 0.332 e. The molecule has 27 heavy (non-hydrogen) atoms. The number of fused-ring (bicyclic) bond motifs is 1. The highest BCUT2D eigenvalue weighted by Crippen LogP contribution is 2.13. The van der Waals surface area contributed by atoms with Crippen molar-refractivity contribution in [2.24, 2.45) is 0 Å². The summed E-state index contributed by atoms with van der Waals surface area (Å²) in [6.07, 6.45) is 4.84. The lowest BCUT2D eigenvalue weighted by Crippen LogP contribution is -2.40. The molecule has 0 unspecified atom stereocenters. The molecule has 0 saturated heterocycles. The van der Waals surface area contributed by atoms with Crippen LogP contribution in [0.5, 0.6) is 0 Å². The summed E-state index contributed by atoms with van der Waals surface area (Å²) in [5, 5.41) is 0. The van der Waals surface area contributed by atoms with Crippen LogP contribution in [0.4, 0.5) is 0 Å². The van der Waals surface area contributed by atoms with Gasteiger partial charge in [0.05, 0.1) is 18.6 Å².